The fourth-order valence-electron chi connectivity index (χ4n) is 2.85. The van der Waals surface area contributed by atoms with Gasteiger partial charge in [0.15, 0.2) is 0 Å². The summed E-state index contributed by atoms with van der Waals surface area (Å²) in [4.78, 5) is 16.5. The number of piperazine rings is 1. The molecule has 1 fully saturated rings. The van der Waals surface area contributed by atoms with E-state index in [4.69, 9.17) is 11.6 Å². The first-order chi connectivity index (χ1) is 11.1. The number of rotatable bonds is 2. The molecule has 3 nitrogen and oxygen atoms in total. The van der Waals surface area contributed by atoms with Gasteiger partial charge in [-0.3, -0.25) is 4.79 Å². The van der Waals surface area contributed by atoms with E-state index < -0.39 is 0 Å². The number of hydrogen-bond donors (Lipinski definition) is 0. The molecule has 0 bridgehead atoms. The molecule has 0 radical (unpaired) electrons. The minimum Gasteiger partial charge on any atom is -0.367 e. The minimum atomic E-state index is -0.381. The van der Waals surface area contributed by atoms with E-state index in [2.05, 4.69) is 4.90 Å². The number of hydrogen-bond acceptors (Lipinski definition) is 2. The zero-order valence-electron chi connectivity index (χ0n) is 12.9. The first kappa shape index (κ1) is 15.8. The molecule has 1 saturated heterocycles. The number of halogens is 2. The Balaban J connectivity index is 1.70. The largest absolute Gasteiger partial charge is 0.367 e. The van der Waals surface area contributed by atoms with Gasteiger partial charge < -0.3 is 9.80 Å². The van der Waals surface area contributed by atoms with Crippen LogP contribution in [0.25, 0.3) is 0 Å². The number of nitrogens with zero attached hydrogens (tertiary/aromatic N) is 2. The third-order valence-corrected chi connectivity index (χ3v) is 4.51. The van der Waals surface area contributed by atoms with Gasteiger partial charge in [0.1, 0.15) is 5.82 Å². The number of carbonyl (C=O) groups is 1. The molecule has 0 saturated carbocycles. The number of amides is 1. The quantitative estimate of drug-likeness (QED) is 0.836. The topological polar surface area (TPSA) is 23.6 Å². The second-order valence-corrected chi connectivity index (χ2v) is 6.10. The summed E-state index contributed by atoms with van der Waals surface area (Å²) in [5.74, 6) is -0.491. The summed E-state index contributed by atoms with van der Waals surface area (Å²) in [5, 5.41) is 0.716. The van der Waals surface area contributed by atoms with Crippen molar-refractivity contribution >= 4 is 23.2 Å². The highest BCUT2D eigenvalue weighted by Crippen LogP contribution is 2.26. The molecule has 0 N–H and O–H groups in total. The summed E-state index contributed by atoms with van der Waals surface area (Å²) in [6, 6.07) is 12.0. The molecule has 0 aliphatic carbocycles. The highest BCUT2D eigenvalue weighted by Gasteiger charge is 2.24. The molecule has 0 unspecified atom stereocenters. The van der Waals surface area contributed by atoms with Gasteiger partial charge in [0.2, 0.25) is 0 Å². The number of benzene rings is 2. The zero-order chi connectivity index (χ0) is 16.4. The highest BCUT2D eigenvalue weighted by molar-refractivity contribution is 6.33. The Hall–Kier alpha value is -2.07. The van der Waals surface area contributed by atoms with Gasteiger partial charge in [-0.15, -0.1) is 0 Å². The molecule has 23 heavy (non-hydrogen) atoms. The van der Waals surface area contributed by atoms with Crippen LogP contribution in [0.3, 0.4) is 0 Å². The maximum absolute atomic E-state index is 13.4. The van der Waals surface area contributed by atoms with E-state index >= 15 is 0 Å². The van der Waals surface area contributed by atoms with Crippen LogP contribution in [0.1, 0.15) is 15.9 Å². The first-order valence-electron chi connectivity index (χ1n) is 7.61. The molecular formula is C18H18ClFN2O. The smallest absolute Gasteiger partial charge is 0.254 e. The normalized spacial score (nSPS) is 14.9. The van der Waals surface area contributed by atoms with Gasteiger partial charge in [0, 0.05) is 31.7 Å². The van der Waals surface area contributed by atoms with E-state index in [0.717, 1.165) is 11.3 Å². The van der Waals surface area contributed by atoms with Gasteiger partial charge in [-0.25, -0.2) is 4.39 Å². The van der Waals surface area contributed by atoms with Gasteiger partial charge in [-0.2, -0.15) is 0 Å². The predicted octanol–water partition coefficient (Wildman–Crippen LogP) is 3.75. The van der Waals surface area contributed by atoms with Crippen LogP contribution in [0, 0.1) is 12.7 Å². The summed E-state index contributed by atoms with van der Waals surface area (Å²) in [6.07, 6.45) is 0. The number of anilines is 1. The van der Waals surface area contributed by atoms with Crippen molar-refractivity contribution in [2.24, 2.45) is 0 Å². The van der Waals surface area contributed by atoms with Crippen molar-refractivity contribution in [1.29, 1.82) is 0 Å². The summed E-state index contributed by atoms with van der Waals surface area (Å²) in [5.41, 5.74) is 2.23. The lowest BCUT2D eigenvalue weighted by Crippen LogP contribution is -2.49. The molecule has 0 spiro atoms. The lowest BCUT2D eigenvalue weighted by atomic mass is 10.1. The lowest BCUT2D eigenvalue weighted by molar-refractivity contribution is 0.0745. The molecular weight excluding hydrogens is 315 g/mol. The Morgan fingerprint density at radius 2 is 1.78 bits per heavy atom. The summed E-state index contributed by atoms with van der Waals surface area (Å²) < 4.78 is 13.4. The number of aryl methyl sites for hydroxylation is 1. The molecule has 1 aliphatic heterocycles. The predicted molar refractivity (Wildman–Crippen MR) is 90.7 cm³/mol. The maximum Gasteiger partial charge on any atom is 0.254 e. The molecule has 120 valence electrons. The van der Waals surface area contributed by atoms with Crippen molar-refractivity contribution in [2.45, 2.75) is 6.92 Å². The minimum absolute atomic E-state index is 0.110. The van der Waals surface area contributed by atoms with Crippen molar-refractivity contribution in [2.75, 3.05) is 31.1 Å². The average Bonchev–Trinajstić information content (AvgIpc) is 2.57. The molecule has 5 heteroatoms. The highest BCUT2D eigenvalue weighted by atomic mass is 35.5. The fraction of sp³-hybridized carbons (Fsp3) is 0.278. The zero-order valence-corrected chi connectivity index (χ0v) is 13.7. The summed E-state index contributed by atoms with van der Waals surface area (Å²) in [7, 11) is 0. The molecule has 1 heterocycles. The van der Waals surface area contributed by atoms with Crippen molar-refractivity contribution in [3.05, 3.63) is 64.4 Å². The number of carbonyl (C=O) groups excluding carboxylic acids is 1. The van der Waals surface area contributed by atoms with E-state index in [1.807, 2.05) is 31.2 Å². The SMILES string of the molecule is Cc1ccc(F)cc1C(=O)N1CCN(c2ccccc2Cl)CC1. The lowest BCUT2D eigenvalue weighted by Gasteiger charge is -2.36. The Labute approximate surface area is 140 Å². The van der Waals surface area contributed by atoms with Crippen LogP contribution in [0.15, 0.2) is 42.5 Å². The Bertz CT molecular complexity index is 727. The third kappa shape index (κ3) is 3.32. The van der Waals surface area contributed by atoms with Gasteiger partial charge >= 0.3 is 0 Å². The Kier molecular flexibility index (Phi) is 4.53. The molecule has 1 aliphatic rings. The van der Waals surface area contributed by atoms with Gasteiger partial charge in [0.25, 0.3) is 5.91 Å². The van der Waals surface area contributed by atoms with Gasteiger partial charge in [-0.05, 0) is 36.8 Å². The van der Waals surface area contributed by atoms with E-state index in [1.165, 1.54) is 12.1 Å². The summed E-state index contributed by atoms with van der Waals surface area (Å²) in [6.45, 7) is 4.44. The number of para-hydroxylation sites is 1. The molecule has 1 amide bonds. The maximum atomic E-state index is 13.4. The van der Waals surface area contributed by atoms with E-state index in [9.17, 15) is 9.18 Å². The van der Waals surface area contributed by atoms with Crippen LogP contribution in [-0.4, -0.2) is 37.0 Å². The van der Waals surface area contributed by atoms with Crippen LogP contribution < -0.4 is 4.90 Å². The van der Waals surface area contributed by atoms with Crippen LogP contribution in [-0.2, 0) is 0 Å². The van der Waals surface area contributed by atoms with Crippen LogP contribution in [0.5, 0.6) is 0 Å². The van der Waals surface area contributed by atoms with Crippen molar-refractivity contribution in [3.8, 4) is 0 Å². The van der Waals surface area contributed by atoms with E-state index in [1.54, 1.807) is 11.0 Å². The Morgan fingerprint density at radius 3 is 2.48 bits per heavy atom. The van der Waals surface area contributed by atoms with E-state index in [0.29, 0.717) is 36.8 Å². The molecule has 0 atom stereocenters. The van der Waals surface area contributed by atoms with Crippen molar-refractivity contribution in [3.63, 3.8) is 0 Å². The molecule has 3 rings (SSSR count). The van der Waals surface area contributed by atoms with Gasteiger partial charge in [-0.1, -0.05) is 29.8 Å². The van der Waals surface area contributed by atoms with Crippen molar-refractivity contribution in [1.82, 2.24) is 4.90 Å². The monoisotopic (exact) mass is 332 g/mol. The van der Waals surface area contributed by atoms with Crippen LogP contribution in [0.2, 0.25) is 5.02 Å². The third-order valence-electron chi connectivity index (χ3n) is 4.19. The average molecular weight is 333 g/mol. The molecule has 2 aromatic rings. The van der Waals surface area contributed by atoms with E-state index in [-0.39, 0.29) is 11.7 Å². The van der Waals surface area contributed by atoms with Gasteiger partial charge in [0.05, 0.1) is 10.7 Å². The fourth-order valence-corrected chi connectivity index (χ4v) is 3.11. The van der Waals surface area contributed by atoms with Crippen LogP contribution in [0.4, 0.5) is 10.1 Å². The van der Waals surface area contributed by atoms with Crippen molar-refractivity contribution < 1.29 is 9.18 Å². The molecule has 0 aromatic heterocycles. The van der Waals surface area contributed by atoms with Crippen LogP contribution >= 0.6 is 11.6 Å². The Morgan fingerprint density at radius 1 is 1.09 bits per heavy atom. The molecule has 2 aromatic carbocycles. The second kappa shape index (κ2) is 6.59. The standard InChI is InChI=1S/C18H18ClFN2O/c1-13-6-7-14(20)12-15(13)18(23)22-10-8-21(9-11-22)17-5-3-2-4-16(17)19/h2-7,12H,8-11H2,1H3. The summed E-state index contributed by atoms with van der Waals surface area (Å²) >= 11 is 6.23. The first-order valence-corrected chi connectivity index (χ1v) is 7.99. The second-order valence-electron chi connectivity index (χ2n) is 5.69.